The van der Waals surface area contributed by atoms with Crippen molar-refractivity contribution < 1.29 is 19.1 Å². The molecule has 0 atom stereocenters. The standard InChI is InChI=1S/C24H48N2O4Si2/c1-15(2)31(16(3)4,17(5)6)21(23(27)29-13)25-26-22(24(28)30-14)32(18(7)8,19(9)10)20(11)12/h15-20H,1-14H3/b25-21+,26-22+. The number of hydrogen-bond acceptors (Lipinski definition) is 6. The average Bonchev–Trinajstić information content (AvgIpc) is 2.66. The van der Waals surface area contributed by atoms with Crippen molar-refractivity contribution in [1.82, 2.24) is 0 Å². The molecule has 0 bridgehead atoms. The molecule has 0 saturated carbocycles. The molecule has 0 aliphatic rings. The van der Waals surface area contributed by atoms with Crippen LogP contribution in [0.25, 0.3) is 0 Å². The summed E-state index contributed by atoms with van der Waals surface area (Å²) in [6, 6.07) is 0. The van der Waals surface area contributed by atoms with E-state index in [4.69, 9.17) is 9.47 Å². The zero-order chi connectivity index (χ0) is 25.6. The smallest absolute Gasteiger partial charge is 0.349 e. The van der Waals surface area contributed by atoms with Crippen LogP contribution in [0.4, 0.5) is 0 Å². The number of ether oxygens (including phenoxy) is 2. The van der Waals surface area contributed by atoms with E-state index in [0.717, 1.165) is 0 Å². The second kappa shape index (κ2) is 12.3. The predicted octanol–water partition coefficient (Wildman–Crippen LogP) is 6.57. The van der Waals surface area contributed by atoms with Gasteiger partial charge in [-0.25, -0.2) is 9.59 Å². The third-order valence-corrected chi connectivity index (χ3v) is 21.3. The number of carbonyl (C=O) groups excluding carboxylic acids is 2. The SMILES string of the molecule is COC(=O)/C(=N\N=C(/C(=O)OC)[Si](C(C)C)(C(C)C)C(C)C)[Si](C(C)C)(C(C)C)C(C)C. The van der Waals surface area contributed by atoms with Crippen molar-refractivity contribution in [1.29, 1.82) is 0 Å². The first-order valence-corrected chi connectivity index (χ1v) is 16.4. The van der Waals surface area contributed by atoms with Crippen LogP contribution in [0.1, 0.15) is 83.1 Å². The molecule has 186 valence electrons. The Morgan fingerprint density at radius 2 is 0.688 bits per heavy atom. The largest absolute Gasteiger partial charge is 0.465 e. The molecule has 0 aliphatic carbocycles. The Morgan fingerprint density at radius 3 is 0.812 bits per heavy atom. The van der Waals surface area contributed by atoms with Gasteiger partial charge in [0, 0.05) is 0 Å². The molecular weight excluding hydrogens is 436 g/mol. The molecule has 6 nitrogen and oxygen atoms in total. The first-order chi connectivity index (χ1) is 14.6. The Kier molecular flexibility index (Phi) is 11.8. The summed E-state index contributed by atoms with van der Waals surface area (Å²) in [5.74, 6) is -0.877. The van der Waals surface area contributed by atoms with Gasteiger partial charge in [0.15, 0.2) is 0 Å². The summed E-state index contributed by atoms with van der Waals surface area (Å²) in [6.07, 6.45) is 0. The number of carbonyl (C=O) groups is 2. The number of esters is 2. The minimum Gasteiger partial charge on any atom is -0.465 e. The van der Waals surface area contributed by atoms with Crippen molar-refractivity contribution in [3.05, 3.63) is 0 Å². The Bertz CT molecular complexity index is 607. The normalized spacial score (nSPS) is 14.4. The van der Waals surface area contributed by atoms with E-state index >= 15 is 0 Å². The van der Waals surface area contributed by atoms with E-state index in [9.17, 15) is 9.59 Å². The van der Waals surface area contributed by atoms with Crippen LogP contribution in [0.2, 0.25) is 33.2 Å². The fourth-order valence-corrected chi connectivity index (χ4v) is 19.2. The maximum Gasteiger partial charge on any atom is 0.349 e. The second-order valence-corrected chi connectivity index (χ2v) is 22.3. The summed E-state index contributed by atoms with van der Waals surface area (Å²) >= 11 is 0. The van der Waals surface area contributed by atoms with Gasteiger partial charge < -0.3 is 9.47 Å². The Hall–Kier alpha value is -1.29. The minimum absolute atomic E-state index is 0.249. The maximum atomic E-state index is 13.1. The second-order valence-electron chi connectivity index (χ2n) is 10.7. The van der Waals surface area contributed by atoms with Gasteiger partial charge in [0.25, 0.3) is 0 Å². The van der Waals surface area contributed by atoms with E-state index in [2.05, 4.69) is 93.3 Å². The molecule has 32 heavy (non-hydrogen) atoms. The van der Waals surface area contributed by atoms with Crippen LogP contribution in [0.3, 0.4) is 0 Å². The maximum absolute atomic E-state index is 13.1. The summed E-state index contributed by atoms with van der Waals surface area (Å²) in [5.41, 5.74) is 1.50. The number of methoxy groups -OCH3 is 2. The summed E-state index contributed by atoms with van der Waals surface area (Å²) in [4.78, 5) is 26.2. The Labute approximate surface area is 198 Å². The van der Waals surface area contributed by atoms with Crippen molar-refractivity contribution in [2.45, 2.75) is 116 Å². The molecule has 0 aromatic heterocycles. The van der Waals surface area contributed by atoms with E-state index in [1.807, 2.05) is 0 Å². The van der Waals surface area contributed by atoms with Crippen molar-refractivity contribution in [2.75, 3.05) is 14.2 Å². The first-order valence-electron chi connectivity index (χ1n) is 11.9. The van der Waals surface area contributed by atoms with E-state index in [1.165, 1.54) is 14.2 Å². The van der Waals surface area contributed by atoms with Gasteiger partial charge in [-0.2, -0.15) is 10.2 Å². The lowest BCUT2D eigenvalue weighted by molar-refractivity contribution is -0.133. The van der Waals surface area contributed by atoms with E-state index < -0.39 is 28.1 Å². The summed E-state index contributed by atoms with van der Waals surface area (Å²) in [7, 11) is -2.15. The number of rotatable bonds is 11. The van der Waals surface area contributed by atoms with Crippen LogP contribution in [0.5, 0.6) is 0 Å². The Morgan fingerprint density at radius 1 is 0.500 bits per heavy atom. The molecule has 0 unspecified atom stereocenters. The van der Waals surface area contributed by atoms with Crippen molar-refractivity contribution in [3.63, 3.8) is 0 Å². The highest BCUT2D eigenvalue weighted by Crippen LogP contribution is 2.44. The summed E-state index contributed by atoms with van der Waals surface area (Å²) in [6.45, 7) is 25.9. The van der Waals surface area contributed by atoms with Gasteiger partial charge in [-0.15, -0.1) is 0 Å². The molecule has 0 aliphatic heterocycles. The highest BCUT2D eigenvalue weighted by Gasteiger charge is 2.53. The zero-order valence-electron chi connectivity index (χ0n) is 23.0. The molecule has 0 saturated heterocycles. The van der Waals surface area contributed by atoms with Crippen LogP contribution < -0.4 is 0 Å². The topological polar surface area (TPSA) is 77.3 Å². The molecule has 0 aromatic rings. The lowest BCUT2D eigenvalue weighted by Gasteiger charge is -2.43. The molecular formula is C24H48N2O4Si2. The highest BCUT2D eigenvalue weighted by molar-refractivity contribution is 7.17. The first kappa shape index (κ1) is 30.7. The molecule has 0 aromatic carbocycles. The lowest BCUT2D eigenvalue weighted by atomic mass is 10.5. The number of hydrogen-bond donors (Lipinski definition) is 0. The highest BCUT2D eigenvalue weighted by atomic mass is 28.3. The molecule has 0 fully saturated rings. The molecule has 0 N–H and O–H groups in total. The van der Waals surface area contributed by atoms with Crippen molar-refractivity contribution in [3.8, 4) is 0 Å². The molecule has 0 spiro atoms. The third kappa shape index (κ3) is 5.43. The van der Waals surface area contributed by atoms with Crippen LogP contribution in [-0.4, -0.2) is 53.0 Å². The molecule has 8 heteroatoms. The zero-order valence-corrected chi connectivity index (χ0v) is 25.0. The Balaban J connectivity index is 7.49. The summed E-state index contributed by atoms with van der Waals surface area (Å²) in [5, 5.41) is 10.1. The predicted molar refractivity (Wildman–Crippen MR) is 141 cm³/mol. The third-order valence-electron chi connectivity index (χ3n) is 7.56. The quantitative estimate of drug-likeness (QED) is 0.144. The van der Waals surface area contributed by atoms with Crippen molar-refractivity contribution >= 4 is 38.8 Å². The molecule has 0 amide bonds. The molecule has 0 radical (unpaired) electrons. The lowest BCUT2D eigenvalue weighted by Crippen LogP contribution is -2.57. The van der Waals surface area contributed by atoms with Crippen LogP contribution in [0, 0.1) is 0 Å². The van der Waals surface area contributed by atoms with Crippen LogP contribution >= 0.6 is 0 Å². The fourth-order valence-electron chi connectivity index (χ4n) is 6.54. The van der Waals surface area contributed by atoms with E-state index in [1.54, 1.807) is 0 Å². The van der Waals surface area contributed by atoms with Gasteiger partial charge >= 0.3 is 11.9 Å². The van der Waals surface area contributed by atoms with Gasteiger partial charge in [-0.05, 0) is 33.2 Å². The van der Waals surface area contributed by atoms with Crippen LogP contribution in [-0.2, 0) is 19.1 Å². The molecule has 0 heterocycles. The average molecular weight is 485 g/mol. The molecule has 0 rings (SSSR count). The van der Waals surface area contributed by atoms with Gasteiger partial charge in [-0.3, -0.25) is 0 Å². The van der Waals surface area contributed by atoms with E-state index in [0.29, 0.717) is 10.7 Å². The van der Waals surface area contributed by atoms with Gasteiger partial charge in [0.1, 0.15) is 26.8 Å². The van der Waals surface area contributed by atoms with Gasteiger partial charge in [0.05, 0.1) is 14.2 Å². The summed E-state index contributed by atoms with van der Waals surface area (Å²) < 4.78 is 10.4. The fraction of sp³-hybridized carbons (Fsp3) is 0.833. The van der Waals surface area contributed by atoms with Crippen molar-refractivity contribution in [2.24, 2.45) is 10.2 Å². The van der Waals surface area contributed by atoms with Crippen LogP contribution in [0.15, 0.2) is 10.2 Å². The van der Waals surface area contributed by atoms with Gasteiger partial charge in [0.2, 0.25) is 0 Å². The number of nitrogens with zero attached hydrogens (tertiary/aromatic N) is 2. The minimum atomic E-state index is -2.46. The van der Waals surface area contributed by atoms with E-state index in [-0.39, 0.29) is 33.2 Å². The van der Waals surface area contributed by atoms with Gasteiger partial charge in [-0.1, -0.05) is 83.1 Å². The monoisotopic (exact) mass is 484 g/mol.